The van der Waals surface area contributed by atoms with Crippen LogP contribution in [0.1, 0.15) is 26.2 Å². The van der Waals surface area contributed by atoms with Crippen molar-refractivity contribution in [3.05, 3.63) is 28.3 Å². The van der Waals surface area contributed by atoms with Crippen molar-refractivity contribution in [2.24, 2.45) is 0 Å². The minimum Gasteiger partial charge on any atom is -0.494 e. The van der Waals surface area contributed by atoms with Gasteiger partial charge < -0.3 is 15.0 Å². The summed E-state index contributed by atoms with van der Waals surface area (Å²) in [5.74, 6) is 0.532. The molecule has 6 nitrogen and oxygen atoms in total. The quantitative estimate of drug-likeness (QED) is 0.645. The summed E-state index contributed by atoms with van der Waals surface area (Å²) < 4.78 is 5.32. The maximum absolute atomic E-state index is 11.2. The van der Waals surface area contributed by atoms with E-state index in [2.05, 4.69) is 17.3 Å². The first kappa shape index (κ1) is 15.6. The van der Waals surface area contributed by atoms with Gasteiger partial charge in [-0.15, -0.1) is 0 Å². The second-order valence-electron chi connectivity index (χ2n) is 5.38. The highest BCUT2D eigenvalue weighted by Crippen LogP contribution is 2.29. The SMILES string of the molecule is CCOc1ccc(NCC2CCCCN2C)c([N+](=O)[O-])c1. The number of benzene rings is 1. The molecule has 1 atom stereocenters. The first-order valence-electron chi connectivity index (χ1n) is 7.47. The number of nitro groups is 1. The van der Waals surface area contributed by atoms with Crippen LogP contribution in [0.5, 0.6) is 5.75 Å². The first-order valence-corrected chi connectivity index (χ1v) is 7.47. The van der Waals surface area contributed by atoms with E-state index in [4.69, 9.17) is 4.74 Å². The molecular formula is C15H23N3O3. The number of nitro benzene ring substituents is 1. The average molecular weight is 293 g/mol. The van der Waals surface area contributed by atoms with Crippen LogP contribution in [0.3, 0.4) is 0 Å². The summed E-state index contributed by atoms with van der Waals surface area (Å²) >= 11 is 0. The minimum atomic E-state index is -0.366. The van der Waals surface area contributed by atoms with Crippen molar-refractivity contribution in [1.29, 1.82) is 0 Å². The molecule has 1 N–H and O–H groups in total. The van der Waals surface area contributed by atoms with Gasteiger partial charge in [-0.3, -0.25) is 10.1 Å². The van der Waals surface area contributed by atoms with Gasteiger partial charge in [0.2, 0.25) is 0 Å². The van der Waals surface area contributed by atoms with Crippen LogP contribution >= 0.6 is 0 Å². The van der Waals surface area contributed by atoms with Gasteiger partial charge in [0.25, 0.3) is 5.69 Å². The number of likely N-dealkylation sites (N-methyl/N-ethyl adjacent to an activating group) is 1. The van der Waals surface area contributed by atoms with Gasteiger partial charge in [-0.05, 0) is 45.5 Å². The standard InChI is InChI=1S/C15H23N3O3/c1-3-21-13-7-8-14(15(10-13)18(19)20)16-11-12-6-4-5-9-17(12)2/h7-8,10,12,16H,3-6,9,11H2,1-2H3. The summed E-state index contributed by atoms with van der Waals surface area (Å²) in [6.07, 6.45) is 3.59. The zero-order valence-corrected chi connectivity index (χ0v) is 12.7. The molecule has 0 amide bonds. The molecule has 0 aliphatic carbocycles. The summed E-state index contributed by atoms with van der Waals surface area (Å²) in [5, 5.41) is 14.4. The number of likely N-dealkylation sites (tertiary alicyclic amines) is 1. The van der Waals surface area contributed by atoms with Crippen molar-refractivity contribution in [3.63, 3.8) is 0 Å². The number of piperidine rings is 1. The van der Waals surface area contributed by atoms with Gasteiger partial charge in [0.05, 0.1) is 17.6 Å². The van der Waals surface area contributed by atoms with Gasteiger partial charge in [-0.2, -0.15) is 0 Å². The molecule has 1 aromatic carbocycles. The molecule has 0 saturated carbocycles. The summed E-state index contributed by atoms with van der Waals surface area (Å²) in [4.78, 5) is 13.1. The monoisotopic (exact) mass is 293 g/mol. The molecule has 1 aliphatic rings. The third-order valence-electron chi connectivity index (χ3n) is 3.93. The predicted octanol–water partition coefficient (Wildman–Crippen LogP) is 2.89. The molecule has 6 heteroatoms. The summed E-state index contributed by atoms with van der Waals surface area (Å²) in [6.45, 7) is 4.18. The lowest BCUT2D eigenvalue weighted by molar-refractivity contribution is -0.384. The molecule has 0 aromatic heterocycles. The lowest BCUT2D eigenvalue weighted by Gasteiger charge is -2.32. The third kappa shape index (κ3) is 4.07. The van der Waals surface area contributed by atoms with Crippen molar-refractivity contribution in [1.82, 2.24) is 4.90 Å². The predicted molar refractivity (Wildman–Crippen MR) is 83.0 cm³/mol. The topological polar surface area (TPSA) is 67.6 Å². The van der Waals surface area contributed by atoms with Crippen molar-refractivity contribution in [2.45, 2.75) is 32.2 Å². The van der Waals surface area contributed by atoms with Crippen molar-refractivity contribution < 1.29 is 9.66 Å². The van der Waals surface area contributed by atoms with Crippen LogP contribution in [0.15, 0.2) is 18.2 Å². The Balaban J connectivity index is 2.06. The number of ether oxygens (including phenoxy) is 1. The normalized spacial score (nSPS) is 19.2. The lowest BCUT2D eigenvalue weighted by Crippen LogP contribution is -2.40. The second-order valence-corrected chi connectivity index (χ2v) is 5.38. The van der Waals surface area contributed by atoms with Crippen LogP contribution in [0.25, 0.3) is 0 Å². The first-order chi connectivity index (χ1) is 10.1. The highest BCUT2D eigenvalue weighted by Gasteiger charge is 2.21. The van der Waals surface area contributed by atoms with Crippen molar-refractivity contribution in [3.8, 4) is 5.75 Å². The Morgan fingerprint density at radius 3 is 2.95 bits per heavy atom. The number of hydrogen-bond acceptors (Lipinski definition) is 5. The van der Waals surface area contributed by atoms with Crippen LogP contribution in [-0.2, 0) is 0 Å². The van der Waals surface area contributed by atoms with E-state index in [0.29, 0.717) is 24.1 Å². The number of anilines is 1. The number of hydrogen-bond donors (Lipinski definition) is 1. The Bertz CT molecular complexity index is 493. The molecule has 0 spiro atoms. The molecule has 0 bridgehead atoms. The number of rotatable bonds is 6. The molecular weight excluding hydrogens is 270 g/mol. The van der Waals surface area contributed by atoms with Crippen molar-refractivity contribution >= 4 is 11.4 Å². The van der Waals surface area contributed by atoms with Crippen LogP contribution in [0.2, 0.25) is 0 Å². The molecule has 2 rings (SSSR count). The van der Waals surface area contributed by atoms with Gasteiger partial charge in [0.1, 0.15) is 11.4 Å². The molecule has 1 fully saturated rings. The van der Waals surface area contributed by atoms with Gasteiger partial charge >= 0.3 is 0 Å². The Morgan fingerprint density at radius 2 is 2.29 bits per heavy atom. The zero-order valence-electron chi connectivity index (χ0n) is 12.7. The van der Waals surface area contributed by atoms with Crippen LogP contribution < -0.4 is 10.1 Å². The van der Waals surface area contributed by atoms with Crippen molar-refractivity contribution in [2.75, 3.05) is 32.1 Å². The summed E-state index contributed by atoms with van der Waals surface area (Å²) in [7, 11) is 2.11. The van der Waals surface area contributed by atoms with E-state index in [0.717, 1.165) is 19.5 Å². The Kier molecular flexibility index (Phi) is 5.38. The van der Waals surface area contributed by atoms with E-state index in [9.17, 15) is 10.1 Å². The van der Waals surface area contributed by atoms with E-state index in [1.807, 2.05) is 6.92 Å². The second kappa shape index (κ2) is 7.26. The average Bonchev–Trinajstić information content (AvgIpc) is 2.47. The molecule has 1 aliphatic heterocycles. The molecule has 21 heavy (non-hydrogen) atoms. The molecule has 1 saturated heterocycles. The van der Waals surface area contributed by atoms with Crippen LogP contribution in [-0.4, -0.2) is 42.6 Å². The molecule has 0 radical (unpaired) electrons. The van der Waals surface area contributed by atoms with Crippen LogP contribution in [0, 0.1) is 10.1 Å². The van der Waals surface area contributed by atoms with E-state index in [-0.39, 0.29) is 10.6 Å². The Hall–Kier alpha value is -1.82. The fourth-order valence-electron chi connectivity index (χ4n) is 2.70. The largest absolute Gasteiger partial charge is 0.494 e. The van der Waals surface area contributed by atoms with Crippen LogP contribution in [0.4, 0.5) is 11.4 Å². The van der Waals surface area contributed by atoms with Gasteiger partial charge in [0, 0.05) is 12.6 Å². The van der Waals surface area contributed by atoms with Gasteiger partial charge in [-0.25, -0.2) is 0 Å². The fourth-order valence-corrected chi connectivity index (χ4v) is 2.70. The summed E-state index contributed by atoms with van der Waals surface area (Å²) in [5.41, 5.74) is 0.627. The molecule has 1 aromatic rings. The van der Waals surface area contributed by atoms with E-state index in [1.54, 1.807) is 12.1 Å². The maximum atomic E-state index is 11.2. The van der Waals surface area contributed by atoms with E-state index >= 15 is 0 Å². The number of nitrogens with zero attached hydrogens (tertiary/aromatic N) is 2. The van der Waals surface area contributed by atoms with Gasteiger partial charge in [-0.1, -0.05) is 6.42 Å². The zero-order chi connectivity index (χ0) is 15.2. The molecule has 1 heterocycles. The third-order valence-corrected chi connectivity index (χ3v) is 3.93. The Labute approximate surface area is 125 Å². The number of nitrogens with one attached hydrogen (secondary N) is 1. The highest BCUT2D eigenvalue weighted by atomic mass is 16.6. The van der Waals surface area contributed by atoms with E-state index in [1.165, 1.54) is 18.9 Å². The Morgan fingerprint density at radius 1 is 1.48 bits per heavy atom. The minimum absolute atomic E-state index is 0.0689. The van der Waals surface area contributed by atoms with Gasteiger partial charge in [0.15, 0.2) is 0 Å². The molecule has 116 valence electrons. The lowest BCUT2D eigenvalue weighted by atomic mass is 10.0. The summed E-state index contributed by atoms with van der Waals surface area (Å²) in [6, 6.07) is 5.41. The molecule has 1 unspecified atom stereocenters. The highest BCUT2D eigenvalue weighted by molar-refractivity contribution is 5.63. The fraction of sp³-hybridized carbons (Fsp3) is 0.600. The van der Waals surface area contributed by atoms with E-state index < -0.39 is 0 Å². The maximum Gasteiger partial charge on any atom is 0.296 e. The smallest absolute Gasteiger partial charge is 0.296 e.